The monoisotopic (exact) mass is 875 g/mol. The molecule has 0 N–H and O–H groups in total. The van der Waals surface area contributed by atoms with Crippen molar-refractivity contribution in [3.63, 3.8) is 0 Å². The van der Waals surface area contributed by atoms with Crippen LogP contribution in [0, 0.1) is 0 Å². The second kappa shape index (κ2) is 51.0. The zero-order valence-electron chi connectivity index (χ0n) is 40.8. The Morgan fingerprint density at radius 2 is 0.651 bits per heavy atom. The molecule has 0 aromatic heterocycles. The Balaban J connectivity index is 4.52. The lowest BCUT2D eigenvalue weighted by Gasteiger charge is -2.18. The standard InChI is InChI=1S/C57H94O6/c1-4-7-10-13-16-19-22-25-26-27-28-29-30-33-35-38-41-44-47-50-56(59)62-53-54(63-57(60)51-48-45-42-39-36-32-24-21-18-15-12-9-6-3)52-61-55(58)49-46-43-40-37-34-31-23-20-17-14-11-8-5-2/h7,10,16,19-21,23-26,28-29,33,35,41,44,54H,4-6,8-9,11-15,17-18,22,27,30-32,34,36-40,42-43,45-53H2,1-3H3/b10-7-,19-16-,23-20-,24-21-,26-25-,29-28-,35-33-,44-41-. The van der Waals surface area contributed by atoms with E-state index in [4.69, 9.17) is 14.2 Å². The second-order valence-electron chi connectivity index (χ2n) is 16.7. The highest BCUT2D eigenvalue weighted by molar-refractivity contribution is 5.71. The number of hydrogen-bond donors (Lipinski definition) is 0. The summed E-state index contributed by atoms with van der Waals surface area (Å²) in [4.78, 5) is 37.9. The summed E-state index contributed by atoms with van der Waals surface area (Å²) in [6.45, 7) is 6.40. The van der Waals surface area contributed by atoms with Gasteiger partial charge in [0.25, 0.3) is 0 Å². The van der Waals surface area contributed by atoms with Crippen LogP contribution in [0.2, 0.25) is 0 Å². The zero-order chi connectivity index (χ0) is 45.8. The van der Waals surface area contributed by atoms with E-state index in [0.717, 1.165) is 103 Å². The maximum Gasteiger partial charge on any atom is 0.306 e. The van der Waals surface area contributed by atoms with Crippen LogP contribution in [0.1, 0.15) is 226 Å². The Morgan fingerprint density at radius 1 is 0.333 bits per heavy atom. The Labute approximate surface area is 387 Å². The molecule has 1 atom stereocenters. The maximum absolute atomic E-state index is 12.8. The molecule has 358 valence electrons. The minimum atomic E-state index is -0.815. The first kappa shape index (κ1) is 59.3. The summed E-state index contributed by atoms with van der Waals surface area (Å²) in [6, 6.07) is 0. The topological polar surface area (TPSA) is 78.9 Å². The van der Waals surface area contributed by atoms with Crippen LogP contribution >= 0.6 is 0 Å². The van der Waals surface area contributed by atoms with Crippen LogP contribution in [-0.4, -0.2) is 37.2 Å². The molecule has 0 spiro atoms. The van der Waals surface area contributed by atoms with Gasteiger partial charge in [-0.05, 0) is 109 Å². The van der Waals surface area contributed by atoms with Crippen molar-refractivity contribution in [2.75, 3.05) is 13.2 Å². The van der Waals surface area contributed by atoms with Crippen molar-refractivity contribution in [3.8, 4) is 0 Å². The number of ether oxygens (including phenoxy) is 3. The molecule has 0 aromatic rings. The highest BCUT2D eigenvalue weighted by Gasteiger charge is 2.19. The van der Waals surface area contributed by atoms with Gasteiger partial charge >= 0.3 is 17.9 Å². The van der Waals surface area contributed by atoms with Crippen LogP contribution in [0.15, 0.2) is 97.2 Å². The molecule has 0 fully saturated rings. The summed E-state index contributed by atoms with van der Waals surface area (Å²) >= 11 is 0. The third-order valence-electron chi connectivity index (χ3n) is 10.6. The molecule has 0 radical (unpaired) electrons. The highest BCUT2D eigenvalue weighted by Crippen LogP contribution is 2.13. The molecule has 0 rings (SSSR count). The van der Waals surface area contributed by atoms with Gasteiger partial charge in [0, 0.05) is 19.3 Å². The molecular weight excluding hydrogens is 781 g/mol. The van der Waals surface area contributed by atoms with Gasteiger partial charge in [0.1, 0.15) is 13.2 Å². The maximum atomic E-state index is 12.8. The lowest BCUT2D eigenvalue weighted by Crippen LogP contribution is -2.30. The molecule has 0 aliphatic rings. The zero-order valence-corrected chi connectivity index (χ0v) is 40.8. The Morgan fingerprint density at radius 3 is 1.06 bits per heavy atom. The number of allylic oxidation sites excluding steroid dienone is 16. The van der Waals surface area contributed by atoms with Gasteiger partial charge in [-0.3, -0.25) is 14.4 Å². The number of rotatable bonds is 45. The second-order valence-corrected chi connectivity index (χ2v) is 16.7. The Kier molecular flexibility index (Phi) is 48.0. The molecule has 0 saturated heterocycles. The van der Waals surface area contributed by atoms with Gasteiger partial charge in [-0.1, -0.05) is 195 Å². The summed E-state index contributed by atoms with van der Waals surface area (Å²) < 4.78 is 16.7. The van der Waals surface area contributed by atoms with Crippen LogP contribution < -0.4 is 0 Å². The average molecular weight is 875 g/mol. The molecule has 0 amide bonds. The fourth-order valence-corrected chi connectivity index (χ4v) is 6.69. The predicted molar refractivity (Wildman–Crippen MR) is 270 cm³/mol. The van der Waals surface area contributed by atoms with E-state index in [1.165, 1.54) is 77.0 Å². The minimum Gasteiger partial charge on any atom is -0.462 e. The van der Waals surface area contributed by atoms with Crippen LogP contribution in [0.5, 0.6) is 0 Å². The van der Waals surface area contributed by atoms with Gasteiger partial charge in [-0.25, -0.2) is 0 Å². The SMILES string of the molecule is CC/C=C\C/C=C\C/C=C\C/C=C\C/C=C\C/C=C\CCC(=O)OCC(COC(=O)CCCCCCC/C=C\CCCCCC)OC(=O)CCCCCCC/C=C\CCCCCC. The first-order valence-electron chi connectivity index (χ1n) is 25.7. The predicted octanol–water partition coefficient (Wildman–Crippen LogP) is 17.0. The molecule has 0 bridgehead atoms. The van der Waals surface area contributed by atoms with E-state index in [9.17, 15) is 14.4 Å². The van der Waals surface area contributed by atoms with Gasteiger partial charge in [0.05, 0.1) is 0 Å². The molecule has 63 heavy (non-hydrogen) atoms. The fraction of sp³-hybridized carbons (Fsp3) is 0.667. The molecule has 0 heterocycles. The van der Waals surface area contributed by atoms with Crippen molar-refractivity contribution in [1.82, 2.24) is 0 Å². The Hall–Kier alpha value is -3.67. The van der Waals surface area contributed by atoms with E-state index < -0.39 is 6.10 Å². The first-order chi connectivity index (χ1) is 31.0. The van der Waals surface area contributed by atoms with Gasteiger partial charge in [0.15, 0.2) is 6.10 Å². The number of carbonyl (C=O) groups excluding carboxylic acids is 3. The van der Waals surface area contributed by atoms with Crippen LogP contribution in [0.25, 0.3) is 0 Å². The number of carbonyl (C=O) groups is 3. The van der Waals surface area contributed by atoms with Crippen molar-refractivity contribution in [2.45, 2.75) is 232 Å². The molecule has 6 heteroatoms. The lowest BCUT2D eigenvalue weighted by atomic mass is 10.1. The molecule has 0 aromatic carbocycles. The van der Waals surface area contributed by atoms with Crippen molar-refractivity contribution in [2.24, 2.45) is 0 Å². The van der Waals surface area contributed by atoms with Crippen molar-refractivity contribution in [3.05, 3.63) is 97.2 Å². The van der Waals surface area contributed by atoms with E-state index >= 15 is 0 Å². The van der Waals surface area contributed by atoms with Gasteiger partial charge in [-0.2, -0.15) is 0 Å². The van der Waals surface area contributed by atoms with Crippen molar-refractivity contribution in [1.29, 1.82) is 0 Å². The first-order valence-corrected chi connectivity index (χ1v) is 25.7. The third kappa shape index (κ3) is 49.2. The van der Waals surface area contributed by atoms with Crippen LogP contribution in [0.3, 0.4) is 0 Å². The van der Waals surface area contributed by atoms with Crippen LogP contribution in [0.4, 0.5) is 0 Å². The fourth-order valence-electron chi connectivity index (χ4n) is 6.69. The smallest absolute Gasteiger partial charge is 0.306 e. The van der Waals surface area contributed by atoms with E-state index in [0.29, 0.717) is 19.3 Å². The molecular formula is C57H94O6. The van der Waals surface area contributed by atoms with Gasteiger partial charge < -0.3 is 14.2 Å². The number of unbranched alkanes of at least 4 members (excludes halogenated alkanes) is 18. The third-order valence-corrected chi connectivity index (χ3v) is 10.6. The molecule has 0 aliphatic heterocycles. The summed E-state index contributed by atoms with van der Waals surface area (Å²) in [6.07, 6.45) is 66.8. The largest absolute Gasteiger partial charge is 0.462 e. The molecule has 0 saturated carbocycles. The summed E-state index contributed by atoms with van der Waals surface area (Å²) in [5, 5.41) is 0. The summed E-state index contributed by atoms with van der Waals surface area (Å²) in [7, 11) is 0. The van der Waals surface area contributed by atoms with Crippen LogP contribution in [-0.2, 0) is 28.6 Å². The summed E-state index contributed by atoms with van der Waals surface area (Å²) in [5.74, 6) is -1.02. The van der Waals surface area contributed by atoms with E-state index in [1.807, 2.05) is 12.2 Å². The molecule has 6 nitrogen and oxygen atoms in total. The average Bonchev–Trinajstić information content (AvgIpc) is 3.28. The van der Waals surface area contributed by atoms with E-state index in [1.54, 1.807) is 0 Å². The number of esters is 3. The summed E-state index contributed by atoms with van der Waals surface area (Å²) in [5.41, 5.74) is 0. The number of hydrogen-bond acceptors (Lipinski definition) is 6. The minimum absolute atomic E-state index is 0.109. The van der Waals surface area contributed by atoms with Gasteiger partial charge in [0.2, 0.25) is 0 Å². The quantitative estimate of drug-likeness (QED) is 0.0262. The van der Waals surface area contributed by atoms with E-state index in [-0.39, 0.29) is 37.5 Å². The highest BCUT2D eigenvalue weighted by atomic mass is 16.6. The van der Waals surface area contributed by atoms with Gasteiger partial charge in [-0.15, -0.1) is 0 Å². The van der Waals surface area contributed by atoms with Crippen molar-refractivity contribution < 1.29 is 28.6 Å². The Bertz CT molecular complexity index is 1280. The lowest BCUT2D eigenvalue weighted by molar-refractivity contribution is -0.166. The molecule has 1 unspecified atom stereocenters. The normalized spacial score (nSPS) is 12.9. The van der Waals surface area contributed by atoms with Crippen molar-refractivity contribution >= 4 is 17.9 Å². The molecule has 0 aliphatic carbocycles. The van der Waals surface area contributed by atoms with E-state index in [2.05, 4.69) is 106 Å².